The number of esters is 2. The first kappa shape index (κ1) is 31.4. The summed E-state index contributed by atoms with van der Waals surface area (Å²) in [6.45, 7) is 0. The summed E-state index contributed by atoms with van der Waals surface area (Å²) < 4.78 is 16.9. The predicted octanol–water partition coefficient (Wildman–Crippen LogP) is 6.90. The van der Waals surface area contributed by atoms with Crippen molar-refractivity contribution in [2.45, 2.75) is 0 Å². The number of carbonyl (C=O) groups is 4. The van der Waals surface area contributed by atoms with E-state index in [9.17, 15) is 19.2 Å². The molecule has 4 aromatic carbocycles. The molecule has 0 fully saturated rings. The molecule has 0 aliphatic carbocycles. The van der Waals surface area contributed by atoms with Crippen LogP contribution >= 0.6 is 15.9 Å². The van der Waals surface area contributed by atoms with Gasteiger partial charge in [-0.2, -0.15) is 5.10 Å². The van der Waals surface area contributed by atoms with Gasteiger partial charge in [0.2, 0.25) is 0 Å². The number of nitrogens with one attached hydrogen (secondary N) is 2. The second kappa shape index (κ2) is 15.1. The molecule has 0 bridgehead atoms. The molecule has 0 saturated heterocycles. The zero-order valence-electron chi connectivity index (χ0n) is 23.9. The Bertz CT molecular complexity index is 1920. The van der Waals surface area contributed by atoms with Gasteiger partial charge in [0.25, 0.3) is 11.8 Å². The smallest absolute Gasteiger partial charge is 0.343 e. The normalized spacial score (nSPS) is 10.9. The van der Waals surface area contributed by atoms with E-state index in [1.807, 2.05) is 0 Å². The van der Waals surface area contributed by atoms with E-state index in [1.54, 1.807) is 97.1 Å². The van der Waals surface area contributed by atoms with Crippen LogP contribution in [0.2, 0.25) is 0 Å². The number of nitrogens with zero attached hydrogens (tertiary/aromatic N) is 1. The largest absolute Gasteiger partial charge is 0.459 e. The minimum absolute atomic E-state index is 0.166. The fraction of sp³-hybridized carbons (Fsp3) is 0. The number of anilines is 1. The number of benzene rings is 4. The van der Waals surface area contributed by atoms with Gasteiger partial charge in [-0.1, -0.05) is 46.3 Å². The van der Waals surface area contributed by atoms with Gasteiger partial charge in [-0.25, -0.2) is 15.0 Å². The summed E-state index contributed by atoms with van der Waals surface area (Å²) in [5, 5.41) is 6.66. The minimum Gasteiger partial charge on any atom is -0.459 e. The van der Waals surface area contributed by atoms with E-state index in [2.05, 4.69) is 31.8 Å². The maximum absolute atomic E-state index is 12.7. The van der Waals surface area contributed by atoms with Gasteiger partial charge in [0.1, 0.15) is 11.5 Å². The maximum Gasteiger partial charge on any atom is 0.343 e. The standard InChI is InChI=1S/C35H24BrN3O7/c36-27-16-11-25(12-17-27)35(43)46-29-8-3-1-6-23(29)15-20-32(40)45-30-9-4-2-7-26(30)22-37-39-33(41)24-13-18-28(19-14-24)38-34(42)31-10-5-21-44-31/h1-22H,(H,38,42)(H,39,41)/b20-15+,37-22+. The van der Waals surface area contributed by atoms with Crippen LogP contribution in [-0.2, 0) is 4.79 Å². The molecule has 0 aliphatic heterocycles. The zero-order chi connectivity index (χ0) is 32.3. The molecule has 0 atom stereocenters. The average Bonchev–Trinajstić information content (AvgIpc) is 3.61. The SMILES string of the molecule is O=C(/C=C/c1ccccc1OC(=O)c1ccc(Br)cc1)Oc1ccccc1/C=N/NC(=O)c1ccc(NC(=O)c2ccco2)cc1. The van der Waals surface area contributed by atoms with E-state index in [1.165, 1.54) is 36.8 Å². The second-order valence-electron chi connectivity index (χ2n) is 9.43. The molecule has 2 amide bonds. The number of hydrazone groups is 1. The summed E-state index contributed by atoms with van der Waals surface area (Å²) in [5.74, 6) is -1.47. The maximum atomic E-state index is 12.7. The van der Waals surface area contributed by atoms with E-state index < -0.39 is 23.8 Å². The molecule has 5 rings (SSSR count). The Balaban J connectivity index is 1.17. The van der Waals surface area contributed by atoms with Gasteiger partial charge in [0.15, 0.2) is 5.76 Å². The number of hydrogen-bond donors (Lipinski definition) is 2. The fourth-order valence-electron chi connectivity index (χ4n) is 3.97. The topological polar surface area (TPSA) is 136 Å². The van der Waals surface area contributed by atoms with Gasteiger partial charge >= 0.3 is 11.9 Å². The van der Waals surface area contributed by atoms with Crippen molar-refractivity contribution in [3.63, 3.8) is 0 Å². The lowest BCUT2D eigenvalue weighted by Crippen LogP contribution is -2.18. The van der Waals surface area contributed by atoms with Crippen molar-refractivity contribution in [2.24, 2.45) is 5.10 Å². The van der Waals surface area contributed by atoms with E-state index in [0.29, 0.717) is 27.9 Å². The first-order valence-corrected chi connectivity index (χ1v) is 14.5. The zero-order valence-corrected chi connectivity index (χ0v) is 25.5. The van der Waals surface area contributed by atoms with Crippen LogP contribution < -0.4 is 20.2 Å². The minimum atomic E-state index is -0.682. The van der Waals surface area contributed by atoms with Crippen molar-refractivity contribution in [1.82, 2.24) is 5.43 Å². The number of carbonyl (C=O) groups excluding carboxylic acids is 4. The van der Waals surface area contributed by atoms with Crippen LogP contribution in [0.1, 0.15) is 42.4 Å². The van der Waals surface area contributed by atoms with Gasteiger partial charge in [-0.15, -0.1) is 0 Å². The summed E-state index contributed by atoms with van der Waals surface area (Å²) in [5.41, 5.74) is 4.52. The Labute approximate surface area is 271 Å². The Morgan fingerprint density at radius 3 is 2.04 bits per heavy atom. The molecule has 0 radical (unpaired) electrons. The molecule has 46 heavy (non-hydrogen) atoms. The first-order chi connectivity index (χ1) is 22.4. The Kier molecular flexibility index (Phi) is 10.3. The molecule has 11 heteroatoms. The van der Waals surface area contributed by atoms with Crippen molar-refractivity contribution in [3.8, 4) is 11.5 Å². The Morgan fingerprint density at radius 1 is 0.696 bits per heavy atom. The molecular weight excluding hydrogens is 654 g/mol. The third-order valence-corrected chi connectivity index (χ3v) is 6.78. The van der Waals surface area contributed by atoms with Gasteiger partial charge in [0, 0.05) is 32.9 Å². The molecule has 0 saturated carbocycles. The summed E-state index contributed by atoms with van der Waals surface area (Å²) in [4.78, 5) is 49.9. The molecule has 10 nitrogen and oxygen atoms in total. The second-order valence-corrected chi connectivity index (χ2v) is 10.4. The van der Waals surface area contributed by atoms with Crippen LogP contribution in [0.4, 0.5) is 5.69 Å². The lowest BCUT2D eigenvalue weighted by Gasteiger charge is -2.08. The number of halogens is 1. The molecule has 1 aromatic heterocycles. The lowest BCUT2D eigenvalue weighted by molar-refractivity contribution is -0.128. The van der Waals surface area contributed by atoms with Crippen LogP contribution in [0.25, 0.3) is 6.08 Å². The van der Waals surface area contributed by atoms with Crippen molar-refractivity contribution in [1.29, 1.82) is 0 Å². The molecule has 1 heterocycles. The van der Waals surface area contributed by atoms with Gasteiger partial charge < -0.3 is 19.2 Å². The molecule has 0 aliphatic rings. The fourth-order valence-corrected chi connectivity index (χ4v) is 4.23. The van der Waals surface area contributed by atoms with Gasteiger partial charge in [-0.3, -0.25) is 9.59 Å². The molecular formula is C35H24BrN3O7. The monoisotopic (exact) mass is 677 g/mol. The summed E-state index contributed by atoms with van der Waals surface area (Å²) in [7, 11) is 0. The number of ether oxygens (including phenoxy) is 2. The van der Waals surface area contributed by atoms with Gasteiger partial charge in [0.05, 0.1) is 18.0 Å². The van der Waals surface area contributed by atoms with Crippen molar-refractivity contribution < 1.29 is 33.1 Å². The molecule has 0 unspecified atom stereocenters. The van der Waals surface area contributed by atoms with Crippen LogP contribution in [-0.4, -0.2) is 30.0 Å². The Morgan fingerprint density at radius 2 is 1.35 bits per heavy atom. The summed E-state index contributed by atoms with van der Waals surface area (Å²) >= 11 is 3.33. The van der Waals surface area contributed by atoms with Crippen LogP contribution in [0.5, 0.6) is 11.5 Å². The third kappa shape index (κ3) is 8.52. The molecule has 0 spiro atoms. The van der Waals surface area contributed by atoms with Crippen molar-refractivity contribution in [3.05, 3.63) is 154 Å². The molecule has 228 valence electrons. The number of furan rings is 1. The van der Waals surface area contributed by atoms with Crippen LogP contribution in [0.3, 0.4) is 0 Å². The Hall–Kier alpha value is -6.07. The predicted molar refractivity (Wildman–Crippen MR) is 175 cm³/mol. The highest BCUT2D eigenvalue weighted by atomic mass is 79.9. The molecule has 2 N–H and O–H groups in total. The number of rotatable bonds is 10. The number of hydrogen-bond acceptors (Lipinski definition) is 8. The van der Waals surface area contributed by atoms with Crippen molar-refractivity contribution in [2.75, 3.05) is 5.32 Å². The first-order valence-electron chi connectivity index (χ1n) is 13.7. The van der Waals surface area contributed by atoms with Gasteiger partial charge in [-0.05, 0) is 84.9 Å². The van der Waals surface area contributed by atoms with E-state index in [4.69, 9.17) is 13.9 Å². The summed E-state index contributed by atoms with van der Waals surface area (Å²) in [6.07, 6.45) is 5.44. The highest BCUT2D eigenvalue weighted by Crippen LogP contribution is 2.22. The highest BCUT2D eigenvalue weighted by molar-refractivity contribution is 9.10. The quantitative estimate of drug-likeness (QED) is 0.0540. The highest BCUT2D eigenvalue weighted by Gasteiger charge is 2.12. The van der Waals surface area contributed by atoms with Crippen LogP contribution in [0, 0.1) is 0 Å². The van der Waals surface area contributed by atoms with E-state index in [0.717, 1.165) is 4.47 Å². The number of para-hydroxylation sites is 2. The number of amides is 2. The van der Waals surface area contributed by atoms with E-state index in [-0.39, 0.29) is 17.3 Å². The third-order valence-electron chi connectivity index (χ3n) is 6.25. The lowest BCUT2D eigenvalue weighted by atomic mass is 10.2. The summed E-state index contributed by atoms with van der Waals surface area (Å²) in [6, 6.07) is 29.6. The molecule has 5 aromatic rings. The van der Waals surface area contributed by atoms with Crippen LogP contribution in [0.15, 0.2) is 136 Å². The average molecular weight is 678 g/mol. The van der Waals surface area contributed by atoms with E-state index >= 15 is 0 Å². The van der Waals surface area contributed by atoms with Crippen molar-refractivity contribution >= 4 is 57.7 Å².